The average Bonchev–Trinajstić information content (AvgIpc) is 2.47. The van der Waals surface area contributed by atoms with Gasteiger partial charge in [-0.15, -0.1) is 0 Å². The number of benzene rings is 2. The van der Waals surface area contributed by atoms with Gasteiger partial charge in [0.2, 0.25) is 0 Å². The molecule has 1 N–H and O–H groups in total. The SMILES string of the molecule is CNC(C)c1ccc(Oc2c(C)ccc(C)c2C)cc1Br. The molecule has 1 unspecified atom stereocenters. The summed E-state index contributed by atoms with van der Waals surface area (Å²) in [6.07, 6.45) is 0. The minimum absolute atomic E-state index is 0.302. The first kappa shape index (κ1) is 16.1. The van der Waals surface area contributed by atoms with Crippen molar-refractivity contribution in [1.29, 1.82) is 0 Å². The molecule has 21 heavy (non-hydrogen) atoms. The van der Waals surface area contributed by atoms with Crippen molar-refractivity contribution in [3.05, 3.63) is 57.1 Å². The van der Waals surface area contributed by atoms with E-state index in [1.807, 2.05) is 19.2 Å². The molecule has 0 spiro atoms. The van der Waals surface area contributed by atoms with Crippen molar-refractivity contribution in [2.75, 3.05) is 7.05 Å². The lowest BCUT2D eigenvalue weighted by atomic mass is 10.1. The van der Waals surface area contributed by atoms with E-state index in [0.717, 1.165) is 21.5 Å². The standard InChI is InChI=1S/C18H22BrNO/c1-11-6-7-12(2)18(13(11)3)21-15-8-9-16(14(4)20-5)17(19)10-15/h6-10,14,20H,1-5H3. The van der Waals surface area contributed by atoms with Crippen LogP contribution in [0.15, 0.2) is 34.8 Å². The predicted molar refractivity (Wildman–Crippen MR) is 92.3 cm³/mol. The Hall–Kier alpha value is -1.32. The predicted octanol–water partition coefficient (Wildman–Crippen LogP) is 5.45. The van der Waals surface area contributed by atoms with Crippen molar-refractivity contribution >= 4 is 15.9 Å². The van der Waals surface area contributed by atoms with Gasteiger partial charge >= 0.3 is 0 Å². The first-order valence-corrected chi connectivity index (χ1v) is 7.94. The Morgan fingerprint density at radius 3 is 2.33 bits per heavy atom. The molecule has 2 nitrogen and oxygen atoms in total. The second kappa shape index (κ2) is 6.63. The van der Waals surface area contributed by atoms with Gasteiger partial charge in [0.25, 0.3) is 0 Å². The van der Waals surface area contributed by atoms with Gasteiger partial charge in [0.05, 0.1) is 0 Å². The summed E-state index contributed by atoms with van der Waals surface area (Å²) in [5.74, 6) is 1.81. The highest BCUT2D eigenvalue weighted by Crippen LogP contribution is 2.33. The lowest BCUT2D eigenvalue weighted by Crippen LogP contribution is -2.12. The van der Waals surface area contributed by atoms with Crippen molar-refractivity contribution in [1.82, 2.24) is 5.32 Å². The van der Waals surface area contributed by atoms with Crippen LogP contribution in [-0.2, 0) is 0 Å². The average molecular weight is 348 g/mol. The molecule has 0 radical (unpaired) electrons. The summed E-state index contributed by atoms with van der Waals surface area (Å²) in [6.45, 7) is 8.42. The number of hydrogen-bond acceptors (Lipinski definition) is 2. The molecule has 2 aromatic rings. The van der Waals surface area contributed by atoms with Crippen LogP contribution >= 0.6 is 15.9 Å². The molecule has 2 rings (SSSR count). The molecule has 1 atom stereocenters. The highest BCUT2D eigenvalue weighted by Gasteiger charge is 2.11. The fourth-order valence-corrected chi connectivity index (χ4v) is 2.98. The Morgan fingerprint density at radius 2 is 1.71 bits per heavy atom. The molecule has 0 bridgehead atoms. The van der Waals surface area contributed by atoms with Crippen LogP contribution in [-0.4, -0.2) is 7.05 Å². The van der Waals surface area contributed by atoms with E-state index >= 15 is 0 Å². The lowest BCUT2D eigenvalue weighted by Gasteiger charge is -2.16. The fourth-order valence-electron chi connectivity index (χ4n) is 2.28. The molecule has 0 saturated heterocycles. The zero-order chi connectivity index (χ0) is 15.6. The van der Waals surface area contributed by atoms with E-state index in [9.17, 15) is 0 Å². The van der Waals surface area contributed by atoms with Crippen LogP contribution in [0.5, 0.6) is 11.5 Å². The molecule has 0 aromatic heterocycles. The molecule has 0 saturated carbocycles. The molecule has 0 aliphatic carbocycles. The number of nitrogens with one attached hydrogen (secondary N) is 1. The molecule has 0 fully saturated rings. The summed E-state index contributed by atoms with van der Waals surface area (Å²) in [7, 11) is 1.96. The largest absolute Gasteiger partial charge is 0.457 e. The highest BCUT2D eigenvalue weighted by atomic mass is 79.9. The van der Waals surface area contributed by atoms with Crippen LogP contribution in [0.1, 0.15) is 35.2 Å². The van der Waals surface area contributed by atoms with Gasteiger partial charge in [0, 0.05) is 10.5 Å². The molecule has 0 amide bonds. The molecule has 0 heterocycles. The van der Waals surface area contributed by atoms with E-state index in [0.29, 0.717) is 6.04 Å². The van der Waals surface area contributed by atoms with Gasteiger partial charge in [-0.05, 0) is 69.1 Å². The normalized spacial score (nSPS) is 12.3. The molecule has 2 aromatic carbocycles. The molecule has 112 valence electrons. The zero-order valence-corrected chi connectivity index (χ0v) is 14.8. The van der Waals surface area contributed by atoms with Gasteiger partial charge in [-0.3, -0.25) is 0 Å². The molecular formula is C18H22BrNO. The van der Waals surface area contributed by atoms with Crippen LogP contribution in [0, 0.1) is 20.8 Å². The van der Waals surface area contributed by atoms with Crippen LogP contribution in [0.3, 0.4) is 0 Å². The van der Waals surface area contributed by atoms with Gasteiger partial charge in [-0.2, -0.15) is 0 Å². The maximum atomic E-state index is 6.12. The summed E-state index contributed by atoms with van der Waals surface area (Å²) in [6, 6.07) is 10.7. The summed E-state index contributed by atoms with van der Waals surface area (Å²) in [5.41, 5.74) is 4.82. The Labute approximate surface area is 135 Å². The third-order valence-corrected chi connectivity index (χ3v) is 4.65. The monoisotopic (exact) mass is 347 g/mol. The summed E-state index contributed by atoms with van der Waals surface area (Å²) in [4.78, 5) is 0. The molecule has 0 aliphatic rings. The molecule has 3 heteroatoms. The van der Waals surface area contributed by atoms with Gasteiger partial charge in [-0.25, -0.2) is 0 Å². The third kappa shape index (κ3) is 3.47. The van der Waals surface area contributed by atoms with Crippen LogP contribution in [0.25, 0.3) is 0 Å². The summed E-state index contributed by atoms with van der Waals surface area (Å²) in [5, 5.41) is 3.25. The van der Waals surface area contributed by atoms with Crippen molar-refractivity contribution in [3.8, 4) is 11.5 Å². The first-order valence-electron chi connectivity index (χ1n) is 7.15. The zero-order valence-electron chi connectivity index (χ0n) is 13.3. The quantitative estimate of drug-likeness (QED) is 0.794. The lowest BCUT2D eigenvalue weighted by molar-refractivity contribution is 0.473. The fraction of sp³-hybridized carbons (Fsp3) is 0.333. The van der Waals surface area contributed by atoms with E-state index in [2.05, 4.69) is 67.1 Å². The van der Waals surface area contributed by atoms with E-state index in [1.165, 1.54) is 16.7 Å². The van der Waals surface area contributed by atoms with E-state index in [1.54, 1.807) is 0 Å². The Bertz CT molecular complexity index is 652. The van der Waals surface area contributed by atoms with E-state index in [-0.39, 0.29) is 0 Å². The Kier molecular flexibility index (Phi) is 5.07. The number of halogens is 1. The number of rotatable bonds is 4. The topological polar surface area (TPSA) is 21.3 Å². The minimum Gasteiger partial charge on any atom is -0.457 e. The second-order valence-electron chi connectivity index (χ2n) is 5.45. The third-order valence-electron chi connectivity index (χ3n) is 3.96. The maximum Gasteiger partial charge on any atom is 0.133 e. The van der Waals surface area contributed by atoms with Gasteiger partial charge in [0.1, 0.15) is 11.5 Å². The van der Waals surface area contributed by atoms with Crippen molar-refractivity contribution < 1.29 is 4.74 Å². The smallest absolute Gasteiger partial charge is 0.133 e. The maximum absolute atomic E-state index is 6.12. The minimum atomic E-state index is 0.302. The van der Waals surface area contributed by atoms with Crippen LogP contribution < -0.4 is 10.1 Å². The number of hydrogen-bond donors (Lipinski definition) is 1. The van der Waals surface area contributed by atoms with Crippen molar-refractivity contribution in [2.45, 2.75) is 33.7 Å². The summed E-state index contributed by atoms with van der Waals surface area (Å²) < 4.78 is 7.18. The van der Waals surface area contributed by atoms with E-state index in [4.69, 9.17) is 4.74 Å². The highest BCUT2D eigenvalue weighted by molar-refractivity contribution is 9.10. The molecule has 0 aliphatic heterocycles. The molecular weight excluding hydrogens is 326 g/mol. The van der Waals surface area contributed by atoms with Gasteiger partial charge in [-0.1, -0.05) is 34.1 Å². The van der Waals surface area contributed by atoms with Crippen LogP contribution in [0.2, 0.25) is 0 Å². The Balaban J connectivity index is 2.33. The van der Waals surface area contributed by atoms with Crippen molar-refractivity contribution in [2.24, 2.45) is 0 Å². The summed E-state index contributed by atoms with van der Waals surface area (Å²) >= 11 is 3.63. The van der Waals surface area contributed by atoms with Crippen LogP contribution in [0.4, 0.5) is 0 Å². The second-order valence-corrected chi connectivity index (χ2v) is 6.30. The van der Waals surface area contributed by atoms with Gasteiger partial charge < -0.3 is 10.1 Å². The number of ether oxygens (including phenoxy) is 1. The first-order chi connectivity index (χ1) is 9.93. The van der Waals surface area contributed by atoms with E-state index < -0.39 is 0 Å². The number of aryl methyl sites for hydroxylation is 2. The Morgan fingerprint density at radius 1 is 1.05 bits per heavy atom. The van der Waals surface area contributed by atoms with Gasteiger partial charge in [0.15, 0.2) is 0 Å². The van der Waals surface area contributed by atoms with Crippen molar-refractivity contribution in [3.63, 3.8) is 0 Å².